The Morgan fingerprint density at radius 2 is 1.91 bits per heavy atom. The molecule has 0 aromatic heterocycles. The van der Waals surface area contributed by atoms with E-state index in [1.165, 1.54) is 13.8 Å². The molecular formula is C24H36NNaO9. The van der Waals surface area contributed by atoms with Crippen LogP contribution in [0.25, 0.3) is 0 Å². The number of allylic oxidation sites excluding steroid dienone is 2. The molecule has 0 bridgehead atoms. The number of hydrogen-bond donors (Lipinski definition) is 3. The topological polar surface area (TPSA) is 166 Å². The normalized spacial score (nSPS) is 27.7. The van der Waals surface area contributed by atoms with Gasteiger partial charge in [-0.2, -0.15) is 0 Å². The summed E-state index contributed by atoms with van der Waals surface area (Å²) < 4.78 is 5.84. The van der Waals surface area contributed by atoms with Gasteiger partial charge in [-0.15, -0.1) is 4.91 Å². The van der Waals surface area contributed by atoms with Gasteiger partial charge in [-0.25, -0.2) is 0 Å². The number of carbonyl (C=O) groups excluding carboxylic acids is 2. The summed E-state index contributed by atoms with van der Waals surface area (Å²) >= 11 is 0. The zero-order chi connectivity index (χ0) is 25.5. The third-order valence-electron chi connectivity index (χ3n) is 6.75. The Labute approximate surface area is 228 Å². The second kappa shape index (κ2) is 14.8. The molecule has 10 nitrogen and oxygen atoms in total. The number of ether oxygens (including phenoxy) is 1. The molecule has 2 rings (SSSR count). The number of rotatable bonds is 14. The molecule has 35 heavy (non-hydrogen) atoms. The molecule has 0 heterocycles. The van der Waals surface area contributed by atoms with Gasteiger partial charge in [0.05, 0.1) is 24.4 Å². The van der Waals surface area contributed by atoms with Gasteiger partial charge in [0.15, 0.2) is 5.54 Å². The average Bonchev–Trinajstić information content (AvgIpc) is 2.79. The summed E-state index contributed by atoms with van der Waals surface area (Å²) in [7, 11) is 0. The summed E-state index contributed by atoms with van der Waals surface area (Å²) in [5, 5.41) is 43.4. The molecule has 192 valence electrons. The van der Waals surface area contributed by atoms with E-state index in [0.29, 0.717) is 12.8 Å². The molecule has 11 heteroatoms. The molecule has 0 aliphatic heterocycles. The van der Waals surface area contributed by atoms with Crippen LogP contribution >= 0.6 is 0 Å². The molecule has 0 saturated carbocycles. The Morgan fingerprint density at radius 3 is 2.54 bits per heavy atom. The number of aliphatic hydroxyl groups is 3. The molecule has 0 radical (unpaired) electrons. The minimum Gasteiger partial charge on any atom is -0.723 e. The van der Waals surface area contributed by atoms with Crippen LogP contribution in [0.15, 0.2) is 29.0 Å². The van der Waals surface area contributed by atoms with Gasteiger partial charge in [0.25, 0.3) is 0 Å². The minimum absolute atomic E-state index is 0. The molecule has 0 amide bonds. The van der Waals surface area contributed by atoms with Gasteiger partial charge in [0.1, 0.15) is 6.61 Å². The van der Waals surface area contributed by atoms with E-state index in [4.69, 9.17) is 4.74 Å². The summed E-state index contributed by atoms with van der Waals surface area (Å²) in [5.74, 6) is -1.77. The van der Waals surface area contributed by atoms with E-state index in [2.05, 4.69) is 10.1 Å². The van der Waals surface area contributed by atoms with Gasteiger partial charge in [-0.1, -0.05) is 30.3 Å². The molecule has 0 aromatic carbocycles. The van der Waals surface area contributed by atoms with E-state index < -0.39 is 48.1 Å². The number of ketones is 2. The summed E-state index contributed by atoms with van der Waals surface area (Å²) in [6.07, 6.45) is 4.36. The van der Waals surface area contributed by atoms with Crippen LogP contribution < -0.4 is 34.8 Å². The molecule has 0 aromatic rings. The van der Waals surface area contributed by atoms with Crippen LogP contribution in [0.3, 0.4) is 0 Å². The van der Waals surface area contributed by atoms with Gasteiger partial charge in [0, 0.05) is 18.9 Å². The number of nitrogens with zero attached hydrogens (tertiary/aromatic N) is 1. The number of hydrogen-bond acceptors (Lipinski definition) is 10. The monoisotopic (exact) mass is 505 g/mol. The molecule has 0 spiro atoms. The first-order chi connectivity index (χ1) is 16.0. The molecule has 0 fully saturated rings. The van der Waals surface area contributed by atoms with Crippen molar-refractivity contribution in [2.45, 2.75) is 82.8 Å². The van der Waals surface area contributed by atoms with Crippen LogP contribution in [0, 0.1) is 22.7 Å². The number of fused-ring (bicyclic) bond motifs is 1. The van der Waals surface area contributed by atoms with Crippen LogP contribution in [0.4, 0.5) is 0 Å². The van der Waals surface area contributed by atoms with Gasteiger partial charge >= 0.3 is 29.6 Å². The molecular weight excluding hydrogens is 469 g/mol. The molecule has 3 N–H and O–H groups in total. The third kappa shape index (κ3) is 9.21. The maximum absolute atomic E-state index is 12.3. The van der Waals surface area contributed by atoms with Gasteiger partial charge in [-0.3, -0.25) is 9.59 Å². The Balaban J connectivity index is 0.00000612. The van der Waals surface area contributed by atoms with Gasteiger partial charge < -0.3 is 30.2 Å². The first-order valence-corrected chi connectivity index (χ1v) is 11.7. The van der Waals surface area contributed by atoms with E-state index in [1.54, 1.807) is 6.08 Å². The predicted molar refractivity (Wildman–Crippen MR) is 120 cm³/mol. The van der Waals surface area contributed by atoms with Crippen molar-refractivity contribution >= 4 is 11.6 Å². The minimum atomic E-state index is -1.66. The number of carbonyl (C=O) groups is 2. The van der Waals surface area contributed by atoms with E-state index in [-0.39, 0.29) is 73.2 Å². The number of aliphatic hydroxyl groups excluding tert-OH is 3. The summed E-state index contributed by atoms with van der Waals surface area (Å²) in [6.45, 7) is 3.94. The van der Waals surface area contributed by atoms with Crippen molar-refractivity contribution in [2.24, 2.45) is 22.9 Å². The van der Waals surface area contributed by atoms with Crippen LogP contribution in [-0.4, -0.2) is 70.1 Å². The largest absolute Gasteiger partial charge is 1.00 e. The van der Waals surface area contributed by atoms with Crippen molar-refractivity contribution in [3.63, 3.8) is 0 Å². The Morgan fingerprint density at radius 1 is 1.26 bits per heavy atom. The fourth-order valence-electron chi connectivity index (χ4n) is 4.79. The Bertz CT molecular complexity index is 785. The molecule has 7 atom stereocenters. The summed E-state index contributed by atoms with van der Waals surface area (Å²) in [4.78, 5) is 39.1. The standard InChI is InChI=1S/C24H37NO9.Na/c1-14-4-5-15-10-18(28)12-21(33-13-20(29)23(30)24(2,3)25-31)22(15)19(14)7-6-16(26)11-17(27)8-9-34-32;/h4-5,10,14,16-19,21-22,26-28,32H,6-9,11-13H2,1-3H3;/q;+1/p-1/t14?,16?,17?,18?,19-,21?,22?;/m0./s1. The van der Waals surface area contributed by atoms with Crippen molar-refractivity contribution in [1.82, 2.24) is 0 Å². The fourth-order valence-corrected chi connectivity index (χ4v) is 4.79. The summed E-state index contributed by atoms with van der Waals surface area (Å²) in [6, 6.07) is 0. The van der Waals surface area contributed by atoms with Crippen molar-refractivity contribution in [2.75, 3.05) is 13.2 Å². The van der Waals surface area contributed by atoms with Crippen molar-refractivity contribution in [3.8, 4) is 0 Å². The molecule has 6 unspecified atom stereocenters. The molecule has 2 aliphatic rings. The average molecular weight is 506 g/mol. The van der Waals surface area contributed by atoms with Crippen molar-refractivity contribution < 1.29 is 69.3 Å². The quantitative estimate of drug-likeness (QED) is 0.0778. The van der Waals surface area contributed by atoms with Gasteiger partial charge in [0.2, 0.25) is 11.6 Å². The molecule has 2 aliphatic carbocycles. The van der Waals surface area contributed by atoms with Crippen LogP contribution in [0.5, 0.6) is 0 Å². The predicted octanol–water partition coefficient (Wildman–Crippen LogP) is -2.24. The van der Waals surface area contributed by atoms with Crippen LogP contribution in [0.2, 0.25) is 0 Å². The zero-order valence-electron chi connectivity index (χ0n) is 21.0. The van der Waals surface area contributed by atoms with Gasteiger partial charge in [-0.05, 0) is 56.9 Å². The SMILES string of the molecule is CC1C=CC2=CC(O)CC(OCC(=O)C(=O)C(C)(C)N=O)C2[C@H]1CCC(O)CC(O)CCO[O-].[Na+]. The van der Waals surface area contributed by atoms with Crippen LogP contribution in [-0.2, 0) is 19.2 Å². The van der Waals surface area contributed by atoms with E-state index in [0.717, 1.165) is 5.57 Å². The zero-order valence-corrected chi connectivity index (χ0v) is 23.0. The summed E-state index contributed by atoms with van der Waals surface area (Å²) in [5.41, 5.74) is -0.787. The first-order valence-electron chi connectivity index (χ1n) is 11.7. The first kappa shape index (κ1) is 32.2. The number of Topliss-reactive ketones (excluding diaryl/α,β-unsaturated/α-hetero) is 2. The second-order valence-electron chi connectivity index (χ2n) is 9.86. The van der Waals surface area contributed by atoms with Crippen molar-refractivity contribution in [3.05, 3.63) is 28.7 Å². The number of nitroso groups, excluding NO2 is 1. The Kier molecular flexibility index (Phi) is 13.6. The fraction of sp³-hybridized carbons (Fsp3) is 0.750. The smallest absolute Gasteiger partial charge is 0.723 e. The maximum atomic E-state index is 12.3. The Hall–Kier alpha value is -0.820. The second-order valence-corrected chi connectivity index (χ2v) is 9.86. The third-order valence-corrected chi connectivity index (χ3v) is 6.75. The van der Waals surface area contributed by atoms with E-state index in [9.17, 15) is 35.1 Å². The van der Waals surface area contributed by atoms with E-state index in [1.807, 2.05) is 19.1 Å². The maximum Gasteiger partial charge on any atom is 1.00 e. The van der Waals surface area contributed by atoms with Crippen LogP contribution in [0.1, 0.15) is 52.9 Å². The molecule has 0 saturated heterocycles. The van der Waals surface area contributed by atoms with E-state index >= 15 is 0 Å². The van der Waals surface area contributed by atoms with Crippen molar-refractivity contribution in [1.29, 1.82) is 0 Å².